The lowest BCUT2D eigenvalue weighted by molar-refractivity contribution is -0.139. The van der Waals surface area contributed by atoms with E-state index in [4.69, 9.17) is 4.74 Å². The summed E-state index contributed by atoms with van der Waals surface area (Å²) in [7, 11) is -0.860. The molecule has 0 saturated carbocycles. The molecule has 0 fully saturated rings. The Kier molecular flexibility index (Phi) is 8.36. The molecule has 0 aromatic heterocycles. The standard InChI is InChI=1S/C11H25N3O3Si2/c1-9(2)10(15)17-8-7-14(18(4)5)11(16)13-19(6)12-3/h12,18-19H,1,7-8H2,2-6H3,(H,13,16). The van der Waals surface area contributed by atoms with Gasteiger partial charge in [0.25, 0.3) is 0 Å². The number of nitrogens with one attached hydrogen (secondary N) is 2. The van der Waals surface area contributed by atoms with E-state index in [1.165, 1.54) is 0 Å². The van der Waals surface area contributed by atoms with E-state index in [1.807, 2.05) is 13.6 Å². The van der Waals surface area contributed by atoms with Gasteiger partial charge in [-0.2, -0.15) is 0 Å². The summed E-state index contributed by atoms with van der Waals surface area (Å²) in [6.45, 7) is 11.9. The molecule has 0 rings (SSSR count). The van der Waals surface area contributed by atoms with Crippen molar-refractivity contribution in [2.24, 2.45) is 0 Å². The van der Waals surface area contributed by atoms with Crippen LogP contribution in [0.15, 0.2) is 12.2 Å². The molecule has 0 aromatic rings. The van der Waals surface area contributed by atoms with E-state index in [2.05, 4.69) is 29.6 Å². The van der Waals surface area contributed by atoms with Crippen LogP contribution in [0.3, 0.4) is 0 Å². The maximum atomic E-state index is 12.0. The van der Waals surface area contributed by atoms with Gasteiger partial charge in [0.15, 0.2) is 0 Å². The minimum absolute atomic E-state index is 0.0680. The highest BCUT2D eigenvalue weighted by Gasteiger charge is 2.19. The molecule has 1 unspecified atom stereocenters. The number of esters is 1. The Hall–Kier alpha value is -1.13. The molecule has 1 atom stereocenters. The molecule has 0 heterocycles. The van der Waals surface area contributed by atoms with Crippen LogP contribution in [-0.4, -0.2) is 54.8 Å². The topological polar surface area (TPSA) is 70.7 Å². The van der Waals surface area contributed by atoms with Gasteiger partial charge >= 0.3 is 12.0 Å². The van der Waals surface area contributed by atoms with Crippen LogP contribution >= 0.6 is 0 Å². The molecular formula is C11H25N3O3Si2. The number of carbonyl (C=O) groups excluding carboxylic acids is 2. The average molecular weight is 304 g/mol. The van der Waals surface area contributed by atoms with E-state index in [0.717, 1.165) is 0 Å². The van der Waals surface area contributed by atoms with Gasteiger partial charge in [0.2, 0.25) is 9.12 Å². The first-order valence-corrected chi connectivity index (χ1v) is 11.5. The van der Waals surface area contributed by atoms with E-state index < -0.39 is 24.0 Å². The van der Waals surface area contributed by atoms with Gasteiger partial charge in [-0.05, 0) is 20.5 Å². The Labute approximate surface area is 118 Å². The highest BCUT2D eigenvalue weighted by molar-refractivity contribution is 6.59. The molecule has 0 spiro atoms. The fourth-order valence-electron chi connectivity index (χ4n) is 1.29. The maximum absolute atomic E-state index is 12.0. The highest BCUT2D eigenvalue weighted by atomic mass is 28.3. The smallest absolute Gasteiger partial charge is 0.333 e. The number of urea groups is 1. The van der Waals surface area contributed by atoms with Crippen LogP contribution < -0.4 is 9.96 Å². The fraction of sp³-hybridized carbons (Fsp3) is 0.636. The molecule has 2 amide bonds. The fourth-order valence-corrected chi connectivity index (χ4v) is 3.29. The van der Waals surface area contributed by atoms with Gasteiger partial charge in [0.05, 0.1) is 0 Å². The van der Waals surface area contributed by atoms with Crippen molar-refractivity contribution in [1.82, 2.24) is 14.5 Å². The van der Waals surface area contributed by atoms with Crippen molar-refractivity contribution in [3.8, 4) is 0 Å². The summed E-state index contributed by atoms with van der Waals surface area (Å²) in [5, 5.41) is 0. The monoisotopic (exact) mass is 303 g/mol. The number of carbonyl (C=O) groups is 2. The summed E-state index contributed by atoms with van der Waals surface area (Å²) in [4.78, 5) is 29.3. The van der Waals surface area contributed by atoms with Gasteiger partial charge < -0.3 is 19.3 Å². The zero-order chi connectivity index (χ0) is 15.0. The molecule has 0 radical (unpaired) electrons. The molecule has 0 saturated heterocycles. The van der Waals surface area contributed by atoms with E-state index in [0.29, 0.717) is 12.1 Å². The van der Waals surface area contributed by atoms with E-state index in [1.54, 1.807) is 11.5 Å². The lowest BCUT2D eigenvalue weighted by Gasteiger charge is -2.27. The minimum atomic E-state index is -1.40. The molecular weight excluding hydrogens is 278 g/mol. The van der Waals surface area contributed by atoms with Gasteiger partial charge in [0.1, 0.15) is 15.6 Å². The third-order valence-corrected chi connectivity index (χ3v) is 5.86. The first-order valence-electron chi connectivity index (χ1n) is 6.36. The molecule has 0 aliphatic heterocycles. The predicted molar refractivity (Wildman–Crippen MR) is 82.0 cm³/mol. The van der Waals surface area contributed by atoms with E-state index in [-0.39, 0.29) is 12.6 Å². The number of rotatable bonds is 7. The Balaban J connectivity index is 4.30. The van der Waals surface area contributed by atoms with Crippen LogP contribution in [0.1, 0.15) is 6.92 Å². The van der Waals surface area contributed by atoms with Crippen molar-refractivity contribution >= 4 is 30.1 Å². The number of nitrogens with zero attached hydrogens (tertiary/aromatic N) is 1. The number of ether oxygens (including phenoxy) is 1. The predicted octanol–water partition coefficient (Wildman–Crippen LogP) is 0.170. The molecule has 0 aromatic carbocycles. The molecule has 6 nitrogen and oxygen atoms in total. The second-order valence-corrected chi connectivity index (χ2v) is 9.78. The van der Waals surface area contributed by atoms with Crippen molar-refractivity contribution in [1.29, 1.82) is 0 Å². The first-order chi connectivity index (χ1) is 8.79. The van der Waals surface area contributed by atoms with Crippen LogP contribution in [0.4, 0.5) is 4.79 Å². The van der Waals surface area contributed by atoms with Crippen molar-refractivity contribution < 1.29 is 14.3 Å². The van der Waals surface area contributed by atoms with Crippen LogP contribution in [-0.2, 0) is 9.53 Å². The number of amides is 2. The average Bonchev–Trinajstić information content (AvgIpc) is 2.32. The second kappa shape index (κ2) is 8.89. The van der Waals surface area contributed by atoms with E-state index in [9.17, 15) is 9.59 Å². The highest BCUT2D eigenvalue weighted by Crippen LogP contribution is 1.98. The molecule has 0 bridgehead atoms. The molecule has 2 N–H and O–H groups in total. The van der Waals surface area contributed by atoms with Crippen molar-refractivity contribution in [3.05, 3.63) is 12.2 Å². The largest absolute Gasteiger partial charge is 0.461 e. The minimum Gasteiger partial charge on any atom is -0.461 e. The van der Waals surface area contributed by atoms with E-state index >= 15 is 0 Å². The molecule has 8 heteroatoms. The Morgan fingerprint density at radius 3 is 2.32 bits per heavy atom. The Morgan fingerprint density at radius 1 is 1.32 bits per heavy atom. The van der Waals surface area contributed by atoms with Gasteiger partial charge in [-0.3, -0.25) is 4.79 Å². The normalized spacial score (nSPS) is 11.9. The first kappa shape index (κ1) is 17.9. The maximum Gasteiger partial charge on any atom is 0.333 e. The van der Waals surface area contributed by atoms with Crippen molar-refractivity contribution in [3.63, 3.8) is 0 Å². The second-order valence-electron chi connectivity index (χ2n) is 4.66. The van der Waals surface area contributed by atoms with Gasteiger partial charge in [0, 0.05) is 12.1 Å². The summed E-state index contributed by atoms with van der Waals surface area (Å²) in [6, 6.07) is -0.0680. The number of hydrogen-bond acceptors (Lipinski definition) is 4. The van der Waals surface area contributed by atoms with Crippen LogP contribution in [0.25, 0.3) is 0 Å². The summed E-state index contributed by atoms with van der Waals surface area (Å²) in [5.41, 5.74) is 0.369. The summed E-state index contributed by atoms with van der Waals surface area (Å²) in [5.74, 6) is -0.413. The lowest BCUT2D eigenvalue weighted by atomic mass is 10.4. The van der Waals surface area contributed by atoms with Gasteiger partial charge in [-0.25, -0.2) is 4.79 Å². The summed E-state index contributed by atoms with van der Waals surface area (Å²) in [6.07, 6.45) is 0. The SMILES string of the molecule is C=C(C)C(=O)OCCN(C(=O)N[SiH](C)NC)[SiH](C)C. The zero-order valence-corrected chi connectivity index (χ0v) is 14.8. The van der Waals surface area contributed by atoms with Crippen molar-refractivity contribution in [2.75, 3.05) is 20.2 Å². The Morgan fingerprint density at radius 2 is 1.89 bits per heavy atom. The number of hydrogen-bond donors (Lipinski definition) is 2. The van der Waals surface area contributed by atoms with Crippen LogP contribution in [0, 0.1) is 0 Å². The van der Waals surface area contributed by atoms with Gasteiger partial charge in [-0.15, -0.1) is 0 Å². The molecule has 0 aliphatic rings. The molecule has 110 valence electrons. The van der Waals surface area contributed by atoms with Gasteiger partial charge in [-0.1, -0.05) is 19.7 Å². The molecule has 19 heavy (non-hydrogen) atoms. The third kappa shape index (κ3) is 7.13. The summed E-state index contributed by atoms with van der Waals surface area (Å²) < 4.78 is 6.81. The molecule has 0 aliphatic carbocycles. The quantitative estimate of drug-likeness (QED) is 0.400. The van der Waals surface area contributed by atoms with Crippen molar-refractivity contribution in [2.45, 2.75) is 26.6 Å². The third-order valence-electron chi connectivity index (χ3n) is 2.57. The zero-order valence-electron chi connectivity index (χ0n) is 12.4. The Bertz CT molecular complexity index is 337. The van der Waals surface area contributed by atoms with Crippen LogP contribution in [0.2, 0.25) is 19.6 Å². The summed E-state index contributed by atoms with van der Waals surface area (Å²) >= 11 is 0. The lowest BCUT2D eigenvalue weighted by Crippen LogP contribution is -2.55. The van der Waals surface area contributed by atoms with Crippen LogP contribution in [0.5, 0.6) is 0 Å².